The standard InChI is InChI=1S/C13H23N3O/c1-4-16(5-2)8-9-17-13-11-15-7-6-12(13)10-14-3/h6-7,11,14H,4-5,8-10H2,1-3H3. The first kappa shape index (κ1) is 13.9. The van der Waals surface area contributed by atoms with Crippen LogP contribution in [0.1, 0.15) is 19.4 Å². The lowest BCUT2D eigenvalue weighted by molar-refractivity contribution is 0.221. The fourth-order valence-corrected chi connectivity index (χ4v) is 1.70. The molecule has 1 rings (SSSR count). The van der Waals surface area contributed by atoms with Gasteiger partial charge in [0.1, 0.15) is 12.4 Å². The van der Waals surface area contributed by atoms with Gasteiger partial charge in [-0.25, -0.2) is 0 Å². The zero-order valence-corrected chi connectivity index (χ0v) is 11.1. The number of aromatic nitrogens is 1. The molecule has 0 aromatic carbocycles. The highest BCUT2D eigenvalue weighted by Gasteiger charge is 2.04. The largest absolute Gasteiger partial charge is 0.490 e. The maximum Gasteiger partial charge on any atom is 0.142 e. The third kappa shape index (κ3) is 4.71. The summed E-state index contributed by atoms with van der Waals surface area (Å²) < 4.78 is 5.78. The van der Waals surface area contributed by atoms with Crippen LogP contribution in [0, 0.1) is 0 Å². The van der Waals surface area contributed by atoms with E-state index in [1.165, 1.54) is 0 Å². The summed E-state index contributed by atoms with van der Waals surface area (Å²) in [6.07, 6.45) is 3.58. The molecule has 4 nitrogen and oxygen atoms in total. The lowest BCUT2D eigenvalue weighted by Crippen LogP contribution is -2.28. The van der Waals surface area contributed by atoms with Crippen LogP contribution in [0.4, 0.5) is 0 Å². The van der Waals surface area contributed by atoms with E-state index in [9.17, 15) is 0 Å². The number of nitrogens with one attached hydrogen (secondary N) is 1. The average molecular weight is 237 g/mol. The van der Waals surface area contributed by atoms with Crippen molar-refractivity contribution in [1.82, 2.24) is 15.2 Å². The zero-order chi connectivity index (χ0) is 12.5. The van der Waals surface area contributed by atoms with Crippen LogP contribution in [0.2, 0.25) is 0 Å². The molecular weight excluding hydrogens is 214 g/mol. The molecule has 1 N–H and O–H groups in total. The molecule has 0 saturated heterocycles. The normalized spacial score (nSPS) is 10.8. The molecule has 0 atom stereocenters. The smallest absolute Gasteiger partial charge is 0.142 e. The van der Waals surface area contributed by atoms with E-state index < -0.39 is 0 Å². The van der Waals surface area contributed by atoms with Crippen LogP contribution >= 0.6 is 0 Å². The van der Waals surface area contributed by atoms with Crippen molar-refractivity contribution in [3.05, 3.63) is 24.0 Å². The van der Waals surface area contributed by atoms with E-state index in [-0.39, 0.29) is 0 Å². The van der Waals surface area contributed by atoms with E-state index in [2.05, 4.69) is 29.0 Å². The van der Waals surface area contributed by atoms with Crippen LogP contribution in [0.25, 0.3) is 0 Å². The van der Waals surface area contributed by atoms with E-state index in [1.807, 2.05) is 13.1 Å². The SMILES string of the molecule is CCN(CC)CCOc1cnccc1CNC. The number of hydrogen-bond acceptors (Lipinski definition) is 4. The summed E-state index contributed by atoms with van der Waals surface area (Å²) in [5.41, 5.74) is 1.15. The summed E-state index contributed by atoms with van der Waals surface area (Å²) >= 11 is 0. The minimum absolute atomic E-state index is 0.712. The summed E-state index contributed by atoms with van der Waals surface area (Å²) in [6.45, 7) is 8.95. The average Bonchev–Trinajstić information content (AvgIpc) is 2.37. The van der Waals surface area contributed by atoms with E-state index in [1.54, 1.807) is 12.4 Å². The maximum absolute atomic E-state index is 5.78. The van der Waals surface area contributed by atoms with Gasteiger partial charge in [-0.2, -0.15) is 0 Å². The monoisotopic (exact) mass is 237 g/mol. The van der Waals surface area contributed by atoms with Crippen molar-refractivity contribution in [2.75, 3.05) is 33.3 Å². The first-order valence-electron chi connectivity index (χ1n) is 6.24. The van der Waals surface area contributed by atoms with Crippen molar-refractivity contribution in [1.29, 1.82) is 0 Å². The molecule has 0 fully saturated rings. The summed E-state index contributed by atoms with van der Waals surface area (Å²) in [5, 5.41) is 3.13. The molecule has 0 aliphatic rings. The minimum Gasteiger partial charge on any atom is -0.490 e. The topological polar surface area (TPSA) is 37.4 Å². The Morgan fingerprint density at radius 2 is 2.12 bits per heavy atom. The van der Waals surface area contributed by atoms with Crippen LogP contribution in [-0.4, -0.2) is 43.2 Å². The molecule has 0 aliphatic carbocycles. The number of hydrogen-bond donors (Lipinski definition) is 1. The highest BCUT2D eigenvalue weighted by molar-refractivity contribution is 5.29. The van der Waals surface area contributed by atoms with Gasteiger partial charge >= 0.3 is 0 Å². The number of pyridine rings is 1. The van der Waals surface area contributed by atoms with Gasteiger partial charge in [-0.1, -0.05) is 13.8 Å². The van der Waals surface area contributed by atoms with Crippen molar-refractivity contribution in [2.45, 2.75) is 20.4 Å². The van der Waals surface area contributed by atoms with Gasteiger partial charge in [-0.15, -0.1) is 0 Å². The molecule has 17 heavy (non-hydrogen) atoms. The Labute approximate surface area is 104 Å². The minimum atomic E-state index is 0.712. The van der Waals surface area contributed by atoms with Gasteiger partial charge in [0.2, 0.25) is 0 Å². The highest BCUT2D eigenvalue weighted by Crippen LogP contribution is 2.15. The molecule has 0 amide bonds. The van der Waals surface area contributed by atoms with E-state index in [0.717, 1.165) is 37.5 Å². The van der Waals surface area contributed by atoms with Crippen LogP contribution in [0.3, 0.4) is 0 Å². The molecule has 0 spiro atoms. The molecule has 96 valence electrons. The van der Waals surface area contributed by atoms with Crippen LogP contribution < -0.4 is 10.1 Å². The molecule has 0 radical (unpaired) electrons. The summed E-state index contributed by atoms with van der Waals surface area (Å²) in [6, 6.07) is 1.99. The van der Waals surface area contributed by atoms with Crippen molar-refractivity contribution < 1.29 is 4.74 Å². The Kier molecular flexibility index (Phi) is 6.58. The number of nitrogens with zero attached hydrogens (tertiary/aromatic N) is 2. The second-order valence-corrected chi connectivity index (χ2v) is 3.89. The first-order chi connectivity index (χ1) is 8.31. The summed E-state index contributed by atoms with van der Waals surface area (Å²) in [5.74, 6) is 0.883. The van der Waals surface area contributed by atoms with E-state index >= 15 is 0 Å². The van der Waals surface area contributed by atoms with E-state index in [4.69, 9.17) is 4.74 Å². The fraction of sp³-hybridized carbons (Fsp3) is 0.615. The summed E-state index contributed by atoms with van der Waals surface area (Å²) in [7, 11) is 1.93. The van der Waals surface area contributed by atoms with Gasteiger partial charge in [-0.05, 0) is 26.2 Å². The molecule has 1 aromatic rings. The van der Waals surface area contributed by atoms with Crippen molar-refractivity contribution in [3.63, 3.8) is 0 Å². The quantitative estimate of drug-likeness (QED) is 0.744. The number of likely N-dealkylation sites (N-methyl/N-ethyl adjacent to an activating group) is 1. The Morgan fingerprint density at radius 3 is 2.76 bits per heavy atom. The Morgan fingerprint density at radius 1 is 1.35 bits per heavy atom. The maximum atomic E-state index is 5.78. The Bertz CT molecular complexity index is 313. The molecule has 0 unspecified atom stereocenters. The predicted molar refractivity (Wildman–Crippen MR) is 70.3 cm³/mol. The highest BCUT2D eigenvalue weighted by atomic mass is 16.5. The van der Waals surface area contributed by atoms with Gasteiger partial charge in [0.15, 0.2) is 0 Å². The third-order valence-electron chi connectivity index (χ3n) is 2.80. The van der Waals surface area contributed by atoms with Gasteiger partial charge in [0.25, 0.3) is 0 Å². The van der Waals surface area contributed by atoms with Gasteiger partial charge in [-0.3, -0.25) is 4.98 Å². The predicted octanol–water partition coefficient (Wildman–Crippen LogP) is 1.52. The number of ether oxygens (including phenoxy) is 1. The Balaban J connectivity index is 2.45. The molecular formula is C13H23N3O. The van der Waals surface area contributed by atoms with Crippen molar-refractivity contribution >= 4 is 0 Å². The molecule has 0 aliphatic heterocycles. The molecule has 1 aromatic heterocycles. The van der Waals surface area contributed by atoms with Gasteiger partial charge in [0, 0.05) is 24.8 Å². The van der Waals surface area contributed by atoms with Gasteiger partial charge in [0.05, 0.1) is 6.20 Å². The lowest BCUT2D eigenvalue weighted by Gasteiger charge is -2.18. The first-order valence-corrected chi connectivity index (χ1v) is 6.24. The summed E-state index contributed by atoms with van der Waals surface area (Å²) in [4.78, 5) is 6.44. The van der Waals surface area contributed by atoms with Crippen LogP contribution in [0.15, 0.2) is 18.5 Å². The number of rotatable bonds is 8. The van der Waals surface area contributed by atoms with Gasteiger partial charge < -0.3 is 15.0 Å². The third-order valence-corrected chi connectivity index (χ3v) is 2.80. The second-order valence-electron chi connectivity index (χ2n) is 3.89. The Hall–Kier alpha value is -1.13. The zero-order valence-electron chi connectivity index (χ0n) is 11.1. The lowest BCUT2D eigenvalue weighted by atomic mass is 10.2. The van der Waals surface area contributed by atoms with Crippen molar-refractivity contribution in [3.8, 4) is 5.75 Å². The fourth-order valence-electron chi connectivity index (χ4n) is 1.70. The molecule has 0 saturated carbocycles. The molecule has 0 bridgehead atoms. The second kappa shape index (κ2) is 8.03. The van der Waals surface area contributed by atoms with Crippen LogP contribution in [-0.2, 0) is 6.54 Å². The molecule has 4 heteroatoms. The van der Waals surface area contributed by atoms with Crippen LogP contribution in [0.5, 0.6) is 5.75 Å². The molecule has 1 heterocycles. The van der Waals surface area contributed by atoms with E-state index in [0.29, 0.717) is 6.61 Å². The van der Waals surface area contributed by atoms with Crippen molar-refractivity contribution in [2.24, 2.45) is 0 Å².